The van der Waals surface area contributed by atoms with Crippen LogP contribution in [0.25, 0.3) is 10.8 Å². The van der Waals surface area contributed by atoms with Crippen molar-refractivity contribution in [3.05, 3.63) is 59.4 Å². The van der Waals surface area contributed by atoms with Crippen molar-refractivity contribution >= 4 is 22.4 Å². The second kappa shape index (κ2) is 7.49. The van der Waals surface area contributed by atoms with Gasteiger partial charge in [0.1, 0.15) is 0 Å². The minimum atomic E-state index is 0.0716. The molecule has 0 fully saturated rings. The summed E-state index contributed by atoms with van der Waals surface area (Å²) in [6.45, 7) is 0.940. The number of hydrogen-bond donors (Lipinski definition) is 2. The summed E-state index contributed by atoms with van der Waals surface area (Å²) >= 11 is 6.04. The lowest BCUT2D eigenvalue weighted by Crippen LogP contribution is -2.32. The second-order valence-electron chi connectivity index (χ2n) is 5.65. The van der Waals surface area contributed by atoms with Gasteiger partial charge in [0.05, 0.1) is 6.04 Å². The fourth-order valence-corrected chi connectivity index (χ4v) is 2.69. The lowest BCUT2D eigenvalue weighted by molar-refractivity contribution is 0.247. The number of hydrogen-bond acceptors (Lipinski definition) is 4. The van der Waals surface area contributed by atoms with Crippen LogP contribution in [0.1, 0.15) is 18.0 Å². The van der Waals surface area contributed by atoms with E-state index < -0.39 is 0 Å². The minimum Gasteiger partial charge on any atom is -0.403 e. The lowest BCUT2D eigenvalue weighted by Gasteiger charge is -2.28. The highest BCUT2D eigenvalue weighted by Crippen LogP contribution is 2.27. The number of nitrogens with zero attached hydrogens (tertiary/aromatic N) is 2. The summed E-state index contributed by atoms with van der Waals surface area (Å²) in [4.78, 5) is 2.15. The first-order valence-electron chi connectivity index (χ1n) is 7.26. The maximum Gasteiger partial charge on any atom is 0.0708 e. The predicted octanol–water partition coefficient (Wildman–Crippen LogP) is 3.09. The third kappa shape index (κ3) is 4.13. The van der Waals surface area contributed by atoms with Crippen LogP contribution < -0.4 is 11.6 Å². The average Bonchev–Trinajstić information content (AvgIpc) is 2.47. The molecule has 0 heterocycles. The van der Waals surface area contributed by atoms with Crippen LogP contribution in [0.5, 0.6) is 0 Å². The summed E-state index contributed by atoms with van der Waals surface area (Å²) in [5.74, 6) is 6.14. The first-order valence-corrected chi connectivity index (χ1v) is 7.64. The molecule has 0 saturated heterocycles. The molecule has 0 bridgehead atoms. The molecule has 0 saturated carbocycles. The summed E-state index contributed by atoms with van der Waals surface area (Å²) in [5.41, 5.74) is 6.65. The van der Waals surface area contributed by atoms with E-state index in [4.69, 9.17) is 23.2 Å². The highest BCUT2D eigenvalue weighted by molar-refractivity contribution is 6.31. The van der Waals surface area contributed by atoms with Gasteiger partial charge in [-0.1, -0.05) is 29.8 Å². The second-order valence-corrected chi connectivity index (χ2v) is 6.08. The maximum atomic E-state index is 6.14. The van der Waals surface area contributed by atoms with Crippen LogP contribution in [0.2, 0.25) is 5.02 Å². The SMILES string of the molecule is CN(C)CCC(c1ccc2cc(Cl)ccc2c1)N(N)/C=C\N. The van der Waals surface area contributed by atoms with Gasteiger partial charge in [-0.2, -0.15) is 0 Å². The predicted molar refractivity (Wildman–Crippen MR) is 94.2 cm³/mol. The van der Waals surface area contributed by atoms with Gasteiger partial charge in [-0.3, -0.25) is 0 Å². The number of nitrogens with two attached hydrogens (primary N) is 2. The largest absolute Gasteiger partial charge is 0.403 e. The van der Waals surface area contributed by atoms with Gasteiger partial charge >= 0.3 is 0 Å². The van der Waals surface area contributed by atoms with Gasteiger partial charge in [-0.05, 0) is 61.6 Å². The van der Waals surface area contributed by atoms with Gasteiger partial charge < -0.3 is 15.6 Å². The van der Waals surface area contributed by atoms with Crippen LogP contribution in [-0.4, -0.2) is 30.5 Å². The number of fused-ring (bicyclic) bond motifs is 1. The van der Waals surface area contributed by atoms with Crippen LogP contribution >= 0.6 is 11.6 Å². The van der Waals surface area contributed by atoms with E-state index in [0.717, 1.165) is 34.3 Å². The molecule has 0 aliphatic heterocycles. The average molecular weight is 319 g/mol. The minimum absolute atomic E-state index is 0.0716. The van der Waals surface area contributed by atoms with Crippen molar-refractivity contribution < 1.29 is 0 Å². The van der Waals surface area contributed by atoms with Crippen molar-refractivity contribution in [3.8, 4) is 0 Å². The van der Waals surface area contributed by atoms with E-state index in [1.54, 1.807) is 11.2 Å². The van der Waals surface area contributed by atoms with Gasteiger partial charge in [-0.25, -0.2) is 5.84 Å². The van der Waals surface area contributed by atoms with E-state index in [9.17, 15) is 0 Å². The molecule has 2 rings (SSSR count). The van der Waals surface area contributed by atoms with Crippen LogP contribution in [0.3, 0.4) is 0 Å². The smallest absolute Gasteiger partial charge is 0.0708 e. The Kier molecular flexibility index (Phi) is 5.66. The maximum absolute atomic E-state index is 6.14. The summed E-state index contributed by atoms with van der Waals surface area (Å²) < 4.78 is 0. The molecule has 0 aliphatic rings. The molecule has 118 valence electrons. The van der Waals surface area contributed by atoms with Crippen LogP contribution in [0.15, 0.2) is 48.8 Å². The first kappa shape index (κ1) is 16.6. The molecule has 1 atom stereocenters. The summed E-state index contributed by atoms with van der Waals surface area (Å²) in [7, 11) is 4.11. The Labute approximate surface area is 136 Å². The molecule has 1 unspecified atom stereocenters. The molecule has 2 aromatic rings. The Morgan fingerprint density at radius 1 is 1.14 bits per heavy atom. The third-order valence-corrected chi connectivity index (χ3v) is 3.91. The third-order valence-electron chi connectivity index (χ3n) is 3.68. The zero-order valence-corrected chi connectivity index (χ0v) is 13.8. The van der Waals surface area contributed by atoms with Crippen molar-refractivity contribution in [2.75, 3.05) is 20.6 Å². The fraction of sp³-hybridized carbons (Fsp3) is 0.294. The van der Waals surface area contributed by atoms with Gasteiger partial charge in [0, 0.05) is 17.4 Å². The van der Waals surface area contributed by atoms with E-state index in [-0.39, 0.29) is 6.04 Å². The fourth-order valence-electron chi connectivity index (χ4n) is 2.51. The standard InChI is InChI=1S/C17H23ClN4/c1-21(2)9-7-17(22(20)10-8-19)15-4-3-14-12-16(18)6-5-13(14)11-15/h3-6,8,10-12,17H,7,9,19-20H2,1-2H3/b10-8-. The molecular weight excluding hydrogens is 296 g/mol. The Morgan fingerprint density at radius 2 is 1.82 bits per heavy atom. The van der Waals surface area contributed by atoms with Crippen LogP contribution in [0, 0.1) is 0 Å². The molecule has 0 aromatic heterocycles. The zero-order valence-electron chi connectivity index (χ0n) is 13.0. The molecule has 5 heteroatoms. The number of hydrazine groups is 1. The molecule has 2 aromatic carbocycles. The molecule has 0 aliphatic carbocycles. The van der Waals surface area contributed by atoms with E-state index >= 15 is 0 Å². The van der Waals surface area contributed by atoms with Crippen molar-refractivity contribution in [2.24, 2.45) is 11.6 Å². The Morgan fingerprint density at radius 3 is 2.50 bits per heavy atom. The Balaban J connectivity index is 2.34. The summed E-state index contributed by atoms with van der Waals surface area (Å²) in [6.07, 6.45) is 4.07. The summed E-state index contributed by atoms with van der Waals surface area (Å²) in [6, 6.07) is 12.3. The molecule has 22 heavy (non-hydrogen) atoms. The van der Waals surface area contributed by atoms with Gasteiger partial charge in [-0.15, -0.1) is 0 Å². The highest BCUT2D eigenvalue weighted by atomic mass is 35.5. The van der Waals surface area contributed by atoms with Gasteiger partial charge in [0.25, 0.3) is 0 Å². The Hall–Kier alpha value is -1.75. The molecular formula is C17H23ClN4. The molecule has 0 amide bonds. The van der Waals surface area contributed by atoms with E-state index in [1.807, 2.05) is 18.2 Å². The zero-order chi connectivity index (χ0) is 16.1. The van der Waals surface area contributed by atoms with Crippen molar-refractivity contribution in [2.45, 2.75) is 12.5 Å². The van der Waals surface area contributed by atoms with E-state index in [2.05, 4.69) is 37.2 Å². The lowest BCUT2D eigenvalue weighted by atomic mass is 9.99. The monoisotopic (exact) mass is 318 g/mol. The van der Waals surface area contributed by atoms with Crippen LogP contribution in [0.4, 0.5) is 0 Å². The first-order chi connectivity index (χ1) is 10.5. The molecule has 4 N–H and O–H groups in total. The summed E-state index contributed by atoms with van der Waals surface area (Å²) in [5, 5.41) is 4.69. The van der Waals surface area contributed by atoms with Crippen molar-refractivity contribution in [1.29, 1.82) is 0 Å². The van der Waals surface area contributed by atoms with Crippen molar-refractivity contribution in [3.63, 3.8) is 0 Å². The number of rotatable bonds is 6. The number of benzene rings is 2. The normalized spacial score (nSPS) is 13.1. The van der Waals surface area contributed by atoms with Crippen molar-refractivity contribution in [1.82, 2.24) is 9.91 Å². The molecule has 0 spiro atoms. The molecule has 4 nitrogen and oxygen atoms in total. The Bertz CT molecular complexity index is 654. The van der Waals surface area contributed by atoms with Gasteiger partial charge in [0.2, 0.25) is 0 Å². The quantitative estimate of drug-likeness (QED) is 0.635. The van der Waals surface area contributed by atoms with E-state index in [0.29, 0.717) is 0 Å². The number of halogens is 1. The highest BCUT2D eigenvalue weighted by Gasteiger charge is 2.16. The van der Waals surface area contributed by atoms with E-state index in [1.165, 1.54) is 6.20 Å². The molecule has 0 radical (unpaired) electrons. The van der Waals surface area contributed by atoms with Gasteiger partial charge in [0.15, 0.2) is 0 Å². The van der Waals surface area contributed by atoms with Crippen LogP contribution in [-0.2, 0) is 0 Å². The topological polar surface area (TPSA) is 58.5 Å².